The summed E-state index contributed by atoms with van der Waals surface area (Å²) in [5.41, 5.74) is 8.18. The maximum Gasteiger partial charge on any atom is 0.258 e. The Morgan fingerprint density at radius 3 is 2.70 bits per heavy atom. The number of amides is 1. The van der Waals surface area contributed by atoms with Crippen molar-refractivity contribution in [3.8, 4) is 0 Å². The zero-order chi connectivity index (χ0) is 14.3. The van der Waals surface area contributed by atoms with Crippen molar-refractivity contribution >= 4 is 17.3 Å². The van der Waals surface area contributed by atoms with Crippen molar-refractivity contribution in [3.05, 3.63) is 59.2 Å². The smallest absolute Gasteiger partial charge is 0.258 e. The SMILES string of the molecule is Nc1cccc2c1N(C(=O)c1ccc(F)c(F)c1)CC2. The van der Waals surface area contributed by atoms with Crippen molar-refractivity contribution in [1.29, 1.82) is 0 Å². The number of fused-ring (bicyclic) bond motifs is 1. The van der Waals surface area contributed by atoms with Gasteiger partial charge in [-0.05, 0) is 36.2 Å². The molecule has 0 aromatic heterocycles. The molecule has 0 radical (unpaired) electrons. The fraction of sp³-hybridized carbons (Fsp3) is 0.133. The molecule has 1 aliphatic heterocycles. The molecule has 2 aromatic carbocycles. The van der Waals surface area contributed by atoms with E-state index in [9.17, 15) is 13.6 Å². The van der Waals surface area contributed by atoms with Gasteiger partial charge in [-0.25, -0.2) is 8.78 Å². The van der Waals surface area contributed by atoms with E-state index >= 15 is 0 Å². The second-order valence-electron chi connectivity index (χ2n) is 4.69. The van der Waals surface area contributed by atoms with Crippen LogP contribution in [0.5, 0.6) is 0 Å². The number of nitrogens with two attached hydrogens (primary N) is 1. The molecule has 1 aliphatic rings. The summed E-state index contributed by atoms with van der Waals surface area (Å²) in [7, 11) is 0. The minimum atomic E-state index is -1.03. The van der Waals surface area contributed by atoms with Gasteiger partial charge in [-0.3, -0.25) is 4.79 Å². The quantitative estimate of drug-likeness (QED) is 0.813. The van der Waals surface area contributed by atoms with E-state index in [2.05, 4.69) is 0 Å². The van der Waals surface area contributed by atoms with Crippen LogP contribution < -0.4 is 10.6 Å². The number of para-hydroxylation sites is 1. The first kappa shape index (κ1) is 12.6. The lowest BCUT2D eigenvalue weighted by atomic mass is 10.1. The van der Waals surface area contributed by atoms with E-state index in [1.807, 2.05) is 12.1 Å². The molecule has 0 aliphatic carbocycles. The molecule has 5 heteroatoms. The number of nitrogens with zero attached hydrogens (tertiary/aromatic N) is 1. The highest BCUT2D eigenvalue weighted by Gasteiger charge is 2.27. The number of hydrogen-bond acceptors (Lipinski definition) is 2. The first-order valence-corrected chi connectivity index (χ1v) is 6.22. The molecule has 0 spiro atoms. The third-order valence-corrected chi connectivity index (χ3v) is 3.44. The average molecular weight is 274 g/mol. The van der Waals surface area contributed by atoms with Gasteiger partial charge in [-0.1, -0.05) is 12.1 Å². The normalized spacial score (nSPS) is 13.4. The predicted octanol–water partition coefficient (Wildman–Crippen LogP) is 2.75. The van der Waals surface area contributed by atoms with Crippen molar-refractivity contribution in [1.82, 2.24) is 0 Å². The summed E-state index contributed by atoms with van der Waals surface area (Å²) < 4.78 is 26.2. The van der Waals surface area contributed by atoms with Crippen molar-refractivity contribution in [2.75, 3.05) is 17.2 Å². The molecule has 0 fully saturated rings. The van der Waals surface area contributed by atoms with Crippen LogP contribution >= 0.6 is 0 Å². The van der Waals surface area contributed by atoms with Crippen LogP contribution in [0.2, 0.25) is 0 Å². The summed E-state index contributed by atoms with van der Waals surface area (Å²) in [5.74, 6) is -2.38. The summed E-state index contributed by atoms with van der Waals surface area (Å²) in [6, 6.07) is 8.60. The molecule has 2 N–H and O–H groups in total. The number of carbonyl (C=O) groups is 1. The minimum Gasteiger partial charge on any atom is -0.397 e. The molecule has 0 unspecified atom stereocenters. The van der Waals surface area contributed by atoms with Gasteiger partial charge in [0.25, 0.3) is 5.91 Å². The van der Waals surface area contributed by atoms with E-state index in [1.54, 1.807) is 6.07 Å². The van der Waals surface area contributed by atoms with Crippen molar-refractivity contribution in [3.63, 3.8) is 0 Å². The maximum absolute atomic E-state index is 13.2. The largest absolute Gasteiger partial charge is 0.397 e. The molecular formula is C15H12F2N2O. The molecule has 3 nitrogen and oxygen atoms in total. The zero-order valence-electron chi connectivity index (χ0n) is 10.6. The van der Waals surface area contributed by atoms with Crippen molar-refractivity contribution in [2.24, 2.45) is 0 Å². The molecule has 1 heterocycles. The van der Waals surface area contributed by atoms with Crippen LogP contribution in [0.25, 0.3) is 0 Å². The Labute approximate surface area is 114 Å². The lowest BCUT2D eigenvalue weighted by Crippen LogP contribution is -2.29. The number of anilines is 2. The molecular weight excluding hydrogens is 262 g/mol. The van der Waals surface area contributed by atoms with Gasteiger partial charge in [0.1, 0.15) is 0 Å². The fourth-order valence-corrected chi connectivity index (χ4v) is 2.47. The summed E-state index contributed by atoms with van der Waals surface area (Å²) in [6.45, 7) is 0.487. The first-order valence-electron chi connectivity index (χ1n) is 6.22. The Bertz CT molecular complexity index is 700. The van der Waals surface area contributed by atoms with Crippen LogP contribution in [0.3, 0.4) is 0 Å². The molecule has 102 valence electrons. The average Bonchev–Trinajstić information content (AvgIpc) is 2.86. The zero-order valence-corrected chi connectivity index (χ0v) is 10.6. The predicted molar refractivity (Wildman–Crippen MR) is 72.6 cm³/mol. The van der Waals surface area contributed by atoms with E-state index in [0.29, 0.717) is 24.3 Å². The van der Waals surface area contributed by atoms with Crippen LogP contribution in [-0.4, -0.2) is 12.5 Å². The third-order valence-electron chi connectivity index (χ3n) is 3.44. The van der Waals surface area contributed by atoms with Gasteiger partial charge in [-0.15, -0.1) is 0 Å². The first-order chi connectivity index (χ1) is 9.58. The molecule has 20 heavy (non-hydrogen) atoms. The lowest BCUT2D eigenvalue weighted by Gasteiger charge is -2.19. The second kappa shape index (κ2) is 4.59. The summed E-state index contributed by atoms with van der Waals surface area (Å²) in [6.07, 6.45) is 0.704. The van der Waals surface area contributed by atoms with E-state index in [4.69, 9.17) is 5.73 Å². The van der Waals surface area contributed by atoms with Crippen LogP contribution in [-0.2, 0) is 6.42 Å². The van der Waals surface area contributed by atoms with Gasteiger partial charge in [0.2, 0.25) is 0 Å². The number of nitrogen functional groups attached to an aromatic ring is 1. The van der Waals surface area contributed by atoms with Gasteiger partial charge < -0.3 is 10.6 Å². The van der Waals surface area contributed by atoms with Crippen LogP contribution in [0.4, 0.5) is 20.2 Å². The minimum absolute atomic E-state index is 0.111. The molecule has 0 saturated heterocycles. The van der Waals surface area contributed by atoms with Crippen molar-refractivity contribution < 1.29 is 13.6 Å². The highest BCUT2D eigenvalue weighted by molar-refractivity contribution is 6.09. The van der Waals surface area contributed by atoms with Gasteiger partial charge in [0.15, 0.2) is 11.6 Å². The lowest BCUT2D eigenvalue weighted by molar-refractivity contribution is 0.0989. The highest BCUT2D eigenvalue weighted by atomic mass is 19.2. The standard InChI is InChI=1S/C15H12F2N2O/c16-11-5-4-10(8-12(11)17)15(20)19-7-6-9-2-1-3-13(18)14(9)19/h1-5,8H,6-7,18H2. The molecule has 0 saturated carbocycles. The second-order valence-corrected chi connectivity index (χ2v) is 4.69. The van der Waals surface area contributed by atoms with E-state index in [1.165, 1.54) is 11.0 Å². The van der Waals surface area contributed by atoms with E-state index < -0.39 is 11.6 Å². The molecule has 2 aromatic rings. The molecule has 3 rings (SSSR count). The Kier molecular flexibility index (Phi) is 2.89. The summed E-state index contributed by atoms with van der Waals surface area (Å²) >= 11 is 0. The fourth-order valence-electron chi connectivity index (χ4n) is 2.47. The topological polar surface area (TPSA) is 46.3 Å². The summed E-state index contributed by atoms with van der Waals surface area (Å²) in [5, 5.41) is 0. The van der Waals surface area contributed by atoms with Crippen LogP contribution in [0.15, 0.2) is 36.4 Å². The number of benzene rings is 2. The summed E-state index contributed by atoms with van der Waals surface area (Å²) in [4.78, 5) is 13.9. The number of carbonyl (C=O) groups excluding carboxylic acids is 1. The Hall–Kier alpha value is -2.43. The molecule has 1 amide bonds. The number of hydrogen-bond donors (Lipinski definition) is 1. The third kappa shape index (κ3) is 1.91. The Balaban J connectivity index is 1.99. The molecule has 0 bridgehead atoms. The highest BCUT2D eigenvalue weighted by Crippen LogP contribution is 2.34. The van der Waals surface area contributed by atoms with Gasteiger partial charge in [0.05, 0.1) is 11.4 Å². The van der Waals surface area contributed by atoms with E-state index in [-0.39, 0.29) is 11.5 Å². The van der Waals surface area contributed by atoms with Gasteiger partial charge in [-0.2, -0.15) is 0 Å². The van der Waals surface area contributed by atoms with Crippen LogP contribution in [0.1, 0.15) is 15.9 Å². The number of rotatable bonds is 1. The van der Waals surface area contributed by atoms with Gasteiger partial charge in [0, 0.05) is 12.1 Å². The maximum atomic E-state index is 13.2. The van der Waals surface area contributed by atoms with Crippen molar-refractivity contribution in [2.45, 2.75) is 6.42 Å². The van der Waals surface area contributed by atoms with Gasteiger partial charge >= 0.3 is 0 Å². The van der Waals surface area contributed by atoms with E-state index in [0.717, 1.165) is 17.7 Å². The number of halogens is 2. The monoisotopic (exact) mass is 274 g/mol. The van der Waals surface area contributed by atoms with Crippen LogP contribution in [0, 0.1) is 11.6 Å². The Morgan fingerprint density at radius 2 is 1.95 bits per heavy atom. The molecule has 0 atom stereocenters. The Morgan fingerprint density at radius 1 is 1.15 bits per heavy atom.